The fourth-order valence-corrected chi connectivity index (χ4v) is 1.31. The molecule has 3 heteroatoms. The molecule has 1 rings (SSSR count). The molecule has 0 saturated carbocycles. The van der Waals surface area contributed by atoms with E-state index in [-0.39, 0.29) is 11.9 Å². The molecule has 0 unspecified atom stereocenters. The Morgan fingerprint density at radius 2 is 2.50 bits per heavy atom. The van der Waals surface area contributed by atoms with E-state index in [4.69, 9.17) is 0 Å². The van der Waals surface area contributed by atoms with Crippen molar-refractivity contribution >= 4 is 5.91 Å². The van der Waals surface area contributed by atoms with E-state index in [0.717, 1.165) is 25.9 Å². The van der Waals surface area contributed by atoms with Gasteiger partial charge >= 0.3 is 0 Å². The minimum atomic E-state index is -0.161. The molecule has 12 heavy (non-hydrogen) atoms. The SMILES string of the molecule is CC#CC(=O)N[C@@H]1CCCNC1. The highest BCUT2D eigenvalue weighted by Crippen LogP contribution is 2.00. The third kappa shape index (κ3) is 2.93. The Bertz CT molecular complexity index is 208. The molecule has 1 heterocycles. The Labute approximate surface area is 72.9 Å². The maximum absolute atomic E-state index is 11.0. The van der Waals surface area contributed by atoms with E-state index in [1.165, 1.54) is 0 Å². The second-order valence-corrected chi connectivity index (χ2v) is 2.89. The van der Waals surface area contributed by atoms with Crippen molar-refractivity contribution < 1.29 is 4.79 Å². The average molecular weight is 166 g/mol. The number of piperidine rings is 1. The van der Waals surface area contributed by atoms with Crippen LogP contribution in [0.1, 0.15) is 19.8 Å². The number of hydrogen-bond donors (Lipinski definition) is 2. The van der Waals surface area contributed by atoms with Crippen molar-refractivity contribution in [3.8, 4) is 11.8 Å². The summed E-state index contributed by atoms with van der Waals surface area (Å²) in [6, 6.07) is 0.270. The van der Waals surface area contributed by atoms with E-state index in [2.05, 4.69) is 22.5 Å². The van der Waals surface area contributed by atoms with E-state index in [1.807, 2.05) is 0 Å². The zero-order valence-corrected chi connectivity index (χ0v) is 7.31. The Morgan fingerprint density at radius 1 is 1.67 bits per heavy atom. The van der Waals surface area contributed by atoms with Gasteiger partial charge in [-0.2, -0.15) is 0 Å². The van der Waals surface area contributed by atoms with Crippen molar-refractivity contribution in [1.82, 2.24) is 10.6 Å². The van der Waals surface area contributed by atoms with Crippen molar-refractivity contribution in [1.29, 1.82) is 0 Å². The molecule has 0 aromatic rings. The maximum Gasteiger partial charge on any atom is 0.296 e. The molecule has 0 aliphatic carbocycles. The fourth-order valence-electron chi connectivity index (χ4n) is 1.31. The minimum Gasteiger partial charge on any atom is -0.341 e. The van der Waals surface area contributed by atoms with Crippen LogP contribution in [0.4, 0.5) is 0 Å². The van der Waals surface area contributed by atoms with Crippen molar-refractivity contribution in [3.05, 3.63) is 0 Å². The van der Waals surface area contributed by atoms with Crippen LogP contribution in [0.5, 0.6) is 0 Å². The van der Waals surface area contributed by atoms with Crippen LogP contribution in [0.3, 0.4) is 0 Å². The molecule has 1 aliphatic heterocycles. The largest absolute Gasteiger partial charge is 0.341 e. The van der Waals surface area contributed by atoms with Crippen molar-refractivity contribution in [2.45, 2.75) is 25.8 Å². The number of nitrogens with one attached hydrogen (secondary N) is 2. The van der Waals surface area contributed by atoms with Gasteiger partial charge in [0.15, 0.2) is 0 Å². The lowest BCUT2D eigenvalue weighted by Crippen LogP contribution is -2.45. The minimum absolute atomic E-state index is 0.161. The van der Waals surface area contributed by atoms with E-state index in [1.54, 1.807) is 6.92 Å². The molecular formula is C9H14N2O. The molecule has 1 fully saturated rings. The van der Waals surface area contributed by atoms with E-state index < -0.39 is 0 Å². The van der Waals surface area contributed by atoms with Gasteiger partial charge in [0, 0.05) is 12.6 Å². The van der Waals surface area contributed by atoms with Crippen LogP contribution in [-0.2, 0) is 4.79 Å². The van der Waals surface area contributed by atoms with Gasteiger partial charge in [-0.25, -0.2) is 0 Å². The first-order chi connectivity index (χ1) is 5.83. The predicted octanol–water partition coefficient (Wildman–Crippen LogP) is -0.122. The summed E-state index contributed by atoms with van der Waals surface area (Å²) < 4.78 is 0. The van der Waals surface area contributed by atoms with E-state index in [0.29, 0.717) is 0 Å². The standard InChI is InChI=1S/C9H14N2O/c1-2-4-9(12)11-8-5-3-6-10-7-8/h8,10H,3,5-7H2,1H3,(H,11,12)/t8-/m1/s1. The summed E-state index contributed by atoms with van der Waals surface area (Å²) in [7, 11) is 0. The predicted molar refractivity (Wildman–Crippen MR) is 47.5 cm³/mol. The molecule has 0 aromatic carbocycles. The van der Waals surface area contributed by atoms with Gasteiger partial charge in [0.05, 0.1) is 0 Å². The van der Waals surface area contributed by atoms with Crippen molar-refractivity contribution in [3.63, 3.8) is 0 Å². The van der Waals surface area contributed by atoms with Gasteiger partial charge in [0.25, 0.3) is 5.91 Å². The average Bonchev–Trinajstić information content (AvgIpc) is 2.06. The molecule has 1 aliphatic rings. The zero-order valence-electron chi connectivity index (χ0n) is 7.31. The first kappa shape index (κ1) is 9.08. The molecule has 0 radical (unpaired) electrons. The number of hydrogen-bond acceptors (Lipinski definition) is 2. The lowest BCUT2D eigenvalue weighted by Gasteiger charge is -2.22. The van der Waals surface area contributed by atoms with Crippen LogP contribution >= 0.6 is 0 Å². The van der Waals surface area contributed by atoms with Gasteiger partial charge in [-0.3, -0.25) is 4.79 Å². The molecule has 0 aromatic heterocycles. The number of rotatable bonds is 1. The Kier molecular flexibility index (Phi) is 3.62. The summed E-state index contributed by atoms with van der Waals surface area (Å²) >= 11 is 0. The molecular weight excluding hydrogens is 152 g/mol. The first-order valence-electron chi connectivity index (χ1n) is 4.27. The molecule has 3 nitrogen and oxygen atoms in total. The number of carbonyl (C=O) groups excluding carboxylic acids is 1. The normalized spacial score (nSPS) is 22.2. The number of carbonyl (C=O) groups is 1. The summed E-state index contributed by atoms with van der Waals surface area (Å²) in [6.07, 6.45) is 2.19. The smallest absolute Gasteiger partial charge is 0.296 e. The van der Waals surface area contributed by atoms with E-state index >= 15 is 0 Å². The molecule has 66 valence electrons. The van der Waals surface area contributed by atoms with Gasteiger partial charge in [0.1, 0.15) is 0 Å². The van der Waals surface area contributed by atoms with Crippen molar-refractivity contribution in [2.24, 2.45) is 0 Å². The topological polar surface area (TPSA) is 41.1 Å². The zero-order chi connectivity index (χ0) is 8.81. The summed E-state index contributed by atoms with van der Waals surface area (Å²) in [4.78, 5) is 11.0. The Hall–Kier alpha value is -1.01. The summed E-state index contributed by atoms with van der Waals surface area (Å²) in [5, 5.41) is 6.06. The second kappa shape index (κ2) is 4.78. The molecule has 2 N–H and O–H groups in total. The molecule has 0 spiro atoms. The lowest BCUT2D eigenvalue weighted by molar-refractivity contribution is -0.116. The van der Waals surface area contributed by atoms with Gasteiger partial charge in [-0.15, -0.1) is 0 Å². The summed E-state index contributed by atoms with van der Waals surface area (Å²) in [5.41, 5.74) is 0. The number of amides is 1. The monoisotopic (exact) mass is 166 g/mol. The highest BCUT2D eigenvalue weighted by Gasteiger charge is 2.13. The van der Waals surface area contributed by atoms with Crippen LogP contribution in [0.2, 0.25) is 0 Å². The van der Waals surface area contributed by atoms with Gasteiger partial charge in [0.2, 0.25) is 0 Å². The van der Waals surface area contributed by atoms with E-state index in [9.17, 15) is 4.79 Å². The van der Waals surface area contributed by atoms with Crippen LogP contribution in [0, 0.1) is 11.8 Å². The highest BCUT2D eigenvalue weighted by atomic mass is 16.1. The Morgan fingerprint density at radius 3 is 3.08 bits per heavy atom. The third-order valence-corrected chi connectivity index (χ3v) is 1.87. The highest BCUT2D eigenvalue weighted by molar-refractivity contribution is 5.93. The maximum atomic E-state index is 11.0. The quantitative estimate of drug-likeness (QED) is 0.533. The fraction of sp³-hybridized carbons (Fsp3) is 0.667. The Balaban J connectivity index is 2.27. The van der Waals surface area contributed by atoms with Gasteiger partial charge < -0.3 is 10.6 Å². The molecule has 0 bridgehead atoms. The van der Waals surface area contributed by atoms with Crippen LogP contribution in [-0.4, -0.2) is 25.0 Å². The summed E-state index contributed by atoms with van der Waals surface area (Å²) in [6.45, 7) is 3.60. The summed E-state index contributed by atoms with van der Waals surface area (Å²) in [5.74, 6) is 4.88. The lowest BCUT2D eigenvalue weighted by atomic mass is 10.1. The second-order valence-electron chi connectivity index (χ2n) is 2.89. The first-order valence-corrected chi connectivity index (χ1v) is 4.27. The van der Waals surface area contributed by atoms with Crippen LogP contribution < -0.4 is 10.6 Å². The van der Waals surface area contributed by atoms with Crippen molar-refractivity contribution in [2.75, 3.05) is 13.1 Å². The molecule has 1 saturated heterocycles. The van der Waals surface area contributed by atoms with Crippen LogP contribution in [0.25, 0.3) is 0 Å². The molecule has 1 atom stereocenters. The van der Waals surface area contributed by atoms with Crippen LogP contribution in [0.15, 0.2) is 0 Å². The van der Waals surface area contributed by atoms with Gasteiger partial charge in [-0.1, -0.05) is 5.92 Å². The third-order valence-electron chi connectivity index (χ3n) is 1.87. The van der Waals surface area contributed by atoms with Gasteiger partial charge in [-0.05, 0) is 32.2 Å². The molecule has 1 amide bonds.